The maximum absolute atomic E-state index is 12.8. The number of rotatable bonds is 0. The summed E-state index contributed by atoms with van der Waals surface area (Å²) >= 11 is 3.19. The normalized spacial score (nSPS) is 10.2. The average Bonchev–Trinajstić information content (AvgIpc) is 2.39. The lowest BCUT2D eigenvalue weighted by Crippen LogP contribution is -1.73. The van der Waals surface area contributed by atoms with Gasteiger partial charge in [-0.15, -0.1) is 0 Å². The summed E-state index contributed by atoms with van der Waals surface area (Å²) in [5.41, 5.74) is 1.14. The van der Waals surface area contributed by atoms with Gasteiger partial charge in [-0.2, -0.15) is 5.26 Å². The van der Waals surface area contributed by atoms with Crippen molar-refractivity contribution in [2.24, 2.45) is 0 Å². The minimum absolute atomic E-state index is 0.314. The topological polar surface area (TPSA) is 39.6 Å². The van der Waals surface area contributed by atoms with Crippen LogP contribution in [0.2, 0.25) is 0 Å². The molecular formula is C9H4BrFN2. The second kappa shape index (κ2) is 2.86. The third kappa shape index (κ3) is 1.21. The lowest BCUT2D eigenvalue weighted by Gasteiger charge is -1.88. The van der Waals surface area contributed by atoms with Crippen LogP contribution in [0.25, 0.3) is 10.9 Å². The molecule has 0 amide bonds. The molecule has 0 aliphatic rings. The molecule has 1 N–H and O–H groups in total. The Hall–Kier alpha value is -1.34. The van der Waals surface area contributed by atoms with Crippen LogP contribution in [0.15, 0.2) is 22.8 Å². The maximum atomic E-state index is 12.8. The van der Waals surface area contributed by atoms with Crippen molar-refractivity contribution in [3.05, 3.63) is 34.2 Å². The molecule has 1 aromatic carbocycles. The largest absolute Gasteiger partial charge is 0.348 e. The number of aromatic amines is 1. The summed E-state index contributed by atoms with van der Waals surface area (Å²) < 4.78 is 13.4. The van der Waals surface area contributed by atoms with Gasteiger partial charge in [-0.25, -0.2) is 4.39 Å². The molecule has 0 bridgehead atoms. The summed E-state index contributed by atoms with van der Waals surface area (Å²) in [6.45, 7) is 0. The Bertz CT molecular complexity index is 510. The molecule has 2 rings (SSSR count). The van der Waals surface area contributed by atoms with Crippen LogP contribution in [0, 0.1) is 17.1 Å². The number of nitrogens with one attached hydrogen (secondary N) is 1. The van der Waals surface area contributed by atoms with Gasteiger partial charge >= 0.3 is 0 Å². The van der Waals surface area contributed by atoms with Gasteiger partial charge in [-0.1, -0.05) is 0 Å². The molecule has 0 unspecified atom stereocenters. The highest BCUT2D eigenvalue weighted by Gasteiger charge is 2.08. The van der Waals surface area contributed by atoms with E-state index in [1.165, 1.54) is 12.1 Å². The first-order valence-electron chi connectivity index (χ1n) is 3.59. The van der Waals surface area contributed by atoms with Crippen LogP contribution in [0.1, 0.15) is 5.56 Å². The lowest BCUT2D eigenvalue weighted by molar-refractivity contribution is 0.629. The first-order chi connectivity index (χ1) is 6.22. The van der Waals surface area contributed by atoms with Gasteiger partial charge < -0.3 is 4.98 Å². The standard InChI is InChI=1S/C9H4BrFN2/c10-9-7(4-12)6-2-1-5(11)3-8(6)13-9/h1-3,13H. The molecule has 0 saturated heterocycles. The summed E-state index contributed by atoms with van der Waals surface area (Å²) in [5, 5.41) is 9.51. The van der Waals surface area contributed by atoms with Crippen LogP contribution in [-0.2, 0) is 0 Å². The van der Waals surface area contributed by atoms with E-state index in [2.05, 4.69) is 20.9 Å². The first kappa shape index (κ1) is 8.27. The van der Waals surface area contributed by atoms with Crippen molar-refractivity contribution in [1.82, 2.24) is 4.98 Å². The Morgan fingerprint density at radius 3 is 2.92 bits per heavy atom. The summed E-state index contributed by atoms with van der Waals surface area (Å²) in [5.74, 6) is -0.314. The number of aromatic nitrogens is 1. The molecule has 0 atom stereocenters. The highest BCUT2D eigenvalue weighted by molar-refractivity contribution is 9.10. The Morgan fingerprint density at radius 2 is 2.23 bits per heavy atom. The van der Waals surface area contributed by atoms with E-state index >= 15 is 0 Å². The van der Waals surface area contributed by atoms with Gasteiger partial charge in [0.1, 0.15) is 16.5 Å². The van der Waals surface area contributed by atoms with Crippen LogP contribution in [0.3, 0.4) is 0 Å². The van der Waals surface area contributed by atoms with Crippen molar-refractivity contribution in [2.75, 3.05) is 0 Å². The van der Waals surface area contributed by atoms with Gasteiger partial charge in [0, 0.05) is 5.39 Å². The quantitative estimate of drug-likeness (QED) is 0.754. The SMILES string of the molecule is N#Cc1c(Br)[nH]c2cc(F)ccc12. The number of H-pyrrole nitrogens is 1. The highest BCUT2D eigenvalue weighted by Crippen LogP contribution is 2.25. The Balaban J connectivity index is 2.88. The van der Waals surface area contributed by atoms with Crippen molar-refractivity contribution in [3.63, 3.8) is 0 Å². The van der Waals surface area contributed by atoms with Gasteiger partial charge in [0.15, 0.2) is 0 Å². The fourth-order valence-electron chi connectivity index (χ4n) is 1.25. The average molecular weight is 239 g/mol. The van der Waals surface area contributed by atoms with Gasteiger partial charge in [-0.05, 0) is 34.1 Å². The van der Waals surface area contributed by atoms with Crippen LogP contribution in [0.5, 0.6) is 0 Å². The molecule has 0 aliphatic carbocycles. The third-order valence-electron chi connectivity index (χ3n) is 1.83. The highest BCUT2D eigenvalue weighted by atomic mass is 79.9. The summed E-state index contributed by atoms with van der Waals surface area (Å²) in [6.07, 6.45) is 0. The molecule has 2 aromatic rings. The van der Waals surface area contributed by atoms with Crippen molar-refractivity contribution in [1.29, 1.82) is 5.26 Å². The molecule has 2 nitrogen and oxygen atoms in total. The minimum atomic E-state index is -0.314. The van der Waals surface area contributed by atoms with Gasteiger partial charge in [-0.3, -0.25) is 0 Å². The summed E-state index contributed by atoms with van der Waals surface area (Å²) in [4.78, 5) is 2.87. The predicted octanol–water partition coefficient (Wildman–Crippen LogP) is 2.94. The van der Waals surface area contributed by atoms with Crippen LogP contribution >= 0.6 is 15.9 Å². The minimum Gasteiger partial charge on any atom is -0.348 e. The zero-order valence-corrected chi connectivity index (χ0v) is 8.02. The second-order valence-corrected chi connectivity index (χ2v) is 3.41. The molecular weight excluding hydrogens is 235 g/mol. The number of hydrogen-bond donors (Lipinski definition) is 1. The van der Waals surface area contributed by atoms with Crippen LogP contribution in [-0.4, -0.2) is 4.98 Å². The lowest BCUT2D eigenvalue weighted by atomic mass is 10.2. The maximum Gasteiger partial charge on any atom is 0.125 e. The van der Waals surface area contributed by atoms with E-state index in [-0.39, 0.29) is 5.82 Å². The second-order valence-electron chi connectivity index (χ2n) is 2.62. The fraction of sp³-hybridized carbons (Fsp3) is 0. The third-order valence-corrected chi connectivity index (χ3v) is 2.42. The molecule has 0 fully saturated rings. The van der Waals surface area contributed by atoms with Crippen molar-refractivity contribution in [2.45, 2.75) is 0 Å². The summed E-state index contributed by atoms with van der Waals surface area (Å²) in [6, 6.07) is 6.32. The summed E-state index contributed by atoms with van der Waals surface area (Å²) in [7, 11) is 0. The van der Waals surface area contributed by atoms with E-state index in [4.69, 9.17) is 5.26 Å². The first-order valence-corrected chi connectivity index (χ1v) is 4.38. The number of halogens is 2. The van der Waals surface area contributed by atoms with E-state index in [9.17, 15) is 4.39 Å². The number of fused-ring (bicyclic) bond motifs is 1. The number of benzene rings is 1. The van der Waals surface area contributed by atoms with E-state index in [1.807, 2.05) is 6.07 Å². The smallest absolute Gasteiger partial charge is 0.125 e. The zero-order valence-electron chi connectivity index (χ0n) is 6.44. The van der Waals surface area contributed by atoms with Crippen molar-refractivity contribution in [3.8, 4) is 6.07 Å². The van der Waals surface area contributed by atoms with Gasteiger partial charge in [0.05, 0.1) is 11.1 Å². The van der Waals surface area contributed by atoms with E-state index in [1.54, 1.807) is 6.07 Å². The molecule has 64 valence electrons. The Labute approximate surface area is 82.1 Å². The molecule has 0 spiro atoms. The fourth-order valence-corrected chi connectivity index (χ4v) is 1.76. The Kier molecular flexibility index (Phi) is 1.82. The molecule has 0 saturated carbocycles. The van der Waals surface area contributed by atoms with Crippen LogP contribution < -0.4 is 0 Å². The predicted molar refractivity (Wildman–Crippen MR) is 50.7 cm³/mol. The number of nitriles is 1. The van der Waals surface area contributed by atoms with E-state index < -0.39 is 0 Å². The molecule has 1 aromatic heterocycles. The van der Waals surface area contributed by atoms with Crippen LogP contribution in [0.4, 0.5) is 4.39 Å². The molecule has 0 aliphatic heterocycles. The zero-order chi connectivity index (χ0) is 9.42. The molecule has 4 heteroatoms. The van der Waals surface area contributed by atoms with Crippen molar-refractivity contribution >= 4 is 26.8 Å². The van der Waals surface area contributed by atoms with E-state index in [0.717, 1.165) is 5.39 Å². The monoisotopic (exact) mass is 238 g/mol. The number of hydrogen-bond acceptors (Lipinski definition) is 1. The van der Waals surface area contributed by atoms with E-state index in [0.29, 0.717) is 15.7 Å². The number of nitrogens with zero attached hydrogens (tertiary/aromatic N) is 1. The Morgan fingerprint density at radius 1 is 1.46 bits per heavy atom. The molecule has 0 radical (unpaired) electrons. The molecule has 1 heterocycles. The van der Waals surface area contributed by atoms with Gasteiger partial charge in [0.25, 0.3) is 0 Å². The molecule has 13 heavy (non-hydrogen) atoms. The van der Waals surface area contributed by atoms with Crippen molar-refractivity contribution < 1.29 is 4.39 Å². The van der Waals surface area contributed by atoms with Gasteiger partial charge in [0.2, 0.25) is 0 Å².